The molecule has 0 saturated heterocycles. The lowest BCUT2D eigenvalue weighted by molar-refractivity contribution is 0.335. The molecule has 0 unspecified atom stereocenters. The molecule has 84 valence electrons. The van der Waals surface area contributed by atoms with Crippen LogP contribution < -0.4 is 10.5 Å². The lowest BCUT2D eigenvalue weighted by Crippen LogP contribution is -2.09. The van der Waals surface area contributed by atoms with E-state index in [0.717, 1.165) is 15.8 Å². The molecule has 4 heteroatoms. The largest absolute Gasteiger partial charge is 0.494 e. The van der Waals surface area contributed by atoms with Gasteiger partial charge in [0.2, 0.25) is 0 Å². The first-order valence-electron chi connectivity index (χ1n) is 4.49. The van der Waals surface area contributed by atoms with Crippen LogP contribution in [0.2, 0.25) is 0 Å². The van der Waals surface area contributed by atoms with Crippen molar-refractivity contribution in [2.75, 3.05) is 6.61 Å². The number of rotatable bonds is 4. The van der Waals surface area contributed by atoms with Crippen LogP contribution in [0.5, 0.6) is 5.75 Å². The Bertz CT molecular complexity index is 330. The monoisotopic (exact) mass is 291 g/mol. The van der Waals surface area contributed by atoms with E-state index in [4.69, 9.17) is 10.5 Å². The van der Waals surface area contributed by atoms with Gasteiger partial charge in [-0.15, -0.1) is 19.0 Å². The van der Waals surface area contributed by atoms with Crippen LogP contribution in [0.1, 0.15) is 18.5 Å². The SMILES string of the molecule is C=C[C@H](N)c1cc(Br)ccc1OCC.Cl. The Morgan fingerprint density at radius 1 is 1.60 bits per heavy atom. The molecule has 0 heterocycles. The zero-order chi connectivity index (χ0) is 10.6. The molecule has 1 aromatic carbocycles. The van der Waals surface area contributed by atoms with Crippen molar-refractivity contribution in [1.82, 2.24) is 0 Å². The summed E-state index contributed by atoms with van der Waals surface area (Å²) in [5.74, 6) is 0.822. The van der Waals surface area contributed by atoms with E-state index in [1.165, 1.54) is 0 Å². The third kappa shape index (κ3) is 3.86. The molecule has 1 aromatic rings. The average molecular weight is 293 g/mol. The minimum Gasteiger partial charge on any atom is -0.494 e. The summed E-state index contributed by atoms with van der Waals surface area (Å²) in [7, 11) is 0. The van der Waals surface area contributed by atoms with Gasteiger partial charge in [0.05, 0.1) is 12.6 Å². The molecular weight excluding hydrogens is 277 g/mol. The predicted octanol–water partition coefficient (Wildman–Crippen LogP) is 3.46. The smallest absolute Gasteiger partial charge is 0.124 e. The van der Waals surface area contributed by atoms with Crippen LogP contribution >= 0.6 is 28.3 Å². The van der Waals surface area contributed by atoms with Crippen LogP contribution in [0.3, 0.4) is 0 Å². The average Bonchev–Trinajstić information content (AvgIpc) is 2.20. The molecule has 15 heavy (non-hydrogen) atoms. The molecule has 0 aliphatic rings. The Morgan fingerprint density at radius 2 is 2.27 bits per heavy atom. The maximum absolute atomic E-state index is 5.88. The van der Waals surface area contributed by atoms with Gasteiger partial charge in [0.25, 0.3) is 0 Å². The van der Waals surface area contributed by atoms with Gasteiger partial charge < -0.3 is 10.5 Å². The Hall–Kier alpha value is -0.510. The summed E-state index contributed by atoms with van der Waals surface area (Å²) in [4.78, 5) is 0. The fourth-order valence-corrected chi connectivity index (χ4v) is 1.57. The van der Waals surface area contributed by atoms with E-state index in [0.29, 0.717) is 6.61 Å². The van der Waals surface area contributed by atoms with E-state index in [1.807, 2.05) is 25.1 Å². The van der Waals surface area contributed by atoms with Crippen molar-refractivity contribution >= 4 is 28.3 Å². The summed E-state index contributed by atoms with van der Waals surface area (Å²) in [6.45, 7) is 6.26. The number of hydrogen-bond donors (Lipinski definition) is 1. The van der Waals surface area contributed by atoms with Crippen LogP contribution in [0, 0.1) is 0 Å². The van der Waals surface area contributed by atoms with Crippen molar-refractivity contribution in [3.05, 3.63) is 40.9 Å². The van der Waals surface area contributed by atoms with Crippen molar-refractivity contribution in [2.45, 2.75) is 13.0 Å². The molecule has 2 N–H and O–H groups in total. The van der Waals surface area contributed by atoms with Crippen LogP contribution in [0.25, 0.3) is 0 Å². The third-order valence-corrected chi connectivity index (χ3v) is 2.38. The fourth-order valence-electron chi connectivity index (χ4n) is 1.19. The normalized spacial score (nSPS) is 11.4. The van der Waals surface area contributed by atoms with Crippen molar-refractivity contribution in [3.63, 3.8) is 0 Å². The van der Waals surface area contributed by atoms with Gasteiger partial charge in [-0.25, -0.2) is 0 Å². The molecule has 0 radical (unpaired) electrons. The number of nitrogens with two attached hydrogens (primary N) is 1. The Kier molecular flexibility index (Phi) is 6.65. The highest BCUT2D eigenvalue weighted by atomic mass is 79.9. The van der Waals surface area contributed by atoms with Crippen LogP contribution in [-0.4, -0.2) is 6.61 Å². The van der Waals surface area contributed by atoms with E-state index in [1.54, 1.807) is 6.08 Å². The second-order valence-electron chi connectivity index (χ2n) is 2.88. The molecule has 0 fully saturated rings. The maximum Gasteiger partial charge on any atom is 0.124 e. The van der Waals surface area contributed by atoms with Crippen LogP contribution in [0.15, 0.2) is 35.3 Å². The highest BCUT2D eigenvalue weighted by Crippen LogP contribution is 2.27. The molecule has 2 nitrogen and oxygen atoms in total. The number of hydrogen-bond acceptors (Lipinski definition) is 2. The minimum absolute atomic E-state index is 0. The van der Waals surface area contributed by atoms with Gasteiger partial charge in [0.1, 0.15) is 5.75 Å². The van der Waals surface area contributed by atoms with Gasteiger partial charge in [-0.2, -0.15) is 0 Å². The van der Waals surface area contributed by atoms with Crippen molar-refractivity contribution < 1.29 is 4.74 Å². The summed E-state index contributed by atoms with van der Waals surface area (Å²) in [5.41, 5.74) is 6.83. The predicted molar refractivity (Wildman–Crippen MR) is 69.7 cm³/mol. The van der Waals surface area contributed by atoms with Gasteiger partial charge in [-0.1, -0.05) is 22.0 Å². The van der Waals surface area contributed by atoms with Gasteiger partial charge in [0.15, 0.2) is 0 Å². The van der Waals surface area contributed by atoms with Crippen molar-refractivity contribution in [3.8, 4) is 5.75 Å². The third-order valence-electron chi connectivity index (χ3n) is 1.88. The molecule has 0 aliphatic heterocycles. The highest BCUT2D eigenvalue weighted by Gasteiger charge is 2.09. The molecule has 0 saturated carbocycles. The molecule has 1 atom stereocenters. The van der Waals surface area contributed by atoms with E-state index in [2.05, 4.69) is 22.5 Å². The highest BCUT2D eigenvalue weighted by molar-refractivity contribution is 9.10. The molecule has 0 amide bonds. The summed E-state index contributed by atoms with van der Waals surface area (Å²) in [5, 5.41) is 0. The van der Waals surface area contributed by atoms with Crippen LogP contribution in [0.4, 0.5) is 0 Å². The standard InChI is InChI=1S/C11H14BrNO.ClH/c1-3-10(13)9-7-8(12)5-6-11(9)14-4-2;/h3,5-7,10H,1,4,13H2,2H3;1H/t10-;/m0./s1. The number of halogens is 2. The lowest BCUT2D eigenvalue weighted by Gasteiger charge is -2.13. The van der Waals surface area contributed by atoms with Crippen molar-refractivity contribution in [2.24, 2.45) is 5.73 Å². The Morgan fingerprint density at radius 3 is 2.80 bits per heavy atom. The summed E-state index contributed by atoms with van der Waals surface area (Å²) in [6.07, 6.45) is 1.70. The number of benzene rings is 1. The summed E-state index contributed by atoms with van der Waals surface area (Å²) in [6, 6.07) is 5.61. The Balaban J connectivity index is 0.00000196. The van der Waals surface area contributed by atoms with Gasteiger partial charge >= 0.3 is 0 Å². The van der Waals surface area contributed by atoms with E-state index >= 15 is 0 Å². The van der Waals surface area contributed by atoms with E-state index < -0.39 is 0 Å². The maximum atomic E-state index is 5.88. The zero-order valence-electron chi connectivity index (χ0n) is 8.57. The summed E-state index contributed by atoms with van der Waals surface area (Å²) >= 11 is 3.40. The topological polar surface area (TPSA) is 35.2 Å². The molecular formula is C11H15BrClNO. The fraction of sp³-hybridized carbons (Fsp3) is 0.273. The van der Waals surface area contributed by atoms with Crippen molar-refractivity contribution in [1.29, 1.82) is 0 Å². The second kappa shape index (κ2) is 6.88. The number of ether oxygens (including phenoxy) is 1. The molecule has 0 aromatic heterocycles. The van der Waals surface area contributed by atoms with Crippen LogP contribution in [-0.2, 0) is 0 Å². The van der Waals surface area contributed by atoms with Gasteiger partial charge in [-0.3, -0.25) is 0 Å². The first-order chi connectivity index (χ1) is 6.69. The first-order valence-corrected chi connectivity index (χ1v) is 5.28. The van der Waals surface area contributed by atoms with Gasteiger partial charge in [-0.05, 0) is 25.1 Å². The molecule has 0 aliphatic carbocycles. The Labute approximate surface area is 105 Å². The molecule has 1 rings (SSSR count). The van der Waals surface area contributed by atoms with Gasteiger partial charge in [0, 0.05) is 10.0 Å². The first kappa shape index (κ1) is 14.5. The second-order valence-corrected chi connectivity index (χ2v) is 3.79. The summed E-state index contributed by atoms with van der Waals surface area (Å²) < 4.78 is 6.46. The zero-order valence-corrected chi connectivity index (χ0v) is 11.0. The quantitative estimate of drug-likeness (QED) is 0.863. The minimum atomic E-state index is -0.186. The lowest BCUT2D eigenvalue weighted by atomic mass is 10.1. The molecule has 0 spiro atoms. The van der Waals surface area contributed by atoms with E-state index in [9.17, 15) is 0 Å². The van der Waals surface area contributed by atoms with E-state index in [-0.39, 0.29) is 18.4 Å². The molecule has 0 bridgehead atoms.